The van der Waals surface area contributed by atoms with E-state index in [2.05, 4.69) is 20.1 Å². The zero-order chi connectivity index (χ0) is 19.0. The normalized spacial score (nSPS) is 12.2. The Kier molecular flexibility index (Phi) is 4.08. The number of hydrogen-bond acceptors (Lipinski definition) is 6. The van der Waals surface area contributed by atoms with E-state index in [0.717, 1.165) is 5.69 Å². The van der Waals surface area contributed by atoms with Gasteiger partial charge in [0, 0.05) is 30.2 Å². The van der Waals surface area contributed by atoms with Crippen LogP contribution >= 0.6 is 0 Å². The van der Waals surface area contributed by atoms with Crippen LogP contribution in [0.2, 0.25) is 0 Å². The van der Waals surface area contributed by atoms with Crippen LogP contribution in [-0.2, 0) is 0 Å². The Bertz CT molecular complexity index is 1170. The van der Waals surface area contributed by atoms with E-state index < -0.39 is 6.10 Å². The second kappa shape index (κ2) is 6.56. The Balaban J connectivity index is 1.74. The lowest BCUT2D eigenvalue weighted by Gasteiger charge is -2.19. The molecule has 0 aliphatic heterocycles. The predicted octanol–water partition coefficient (Wildman–Crippen LogP) is 2.53. The number of rotatable bonds is 4. The number of aromatic nitrogens is 5. The van der Waals surface area contributed by atoms with E-state index in [4.69, 9.17) is 10.5 Å². The monoisotopic (exact) mass is 362 g/mol. The molecule has 0 saturated carbocycles. The van der Waals surface area contributed by atoms with Crippen LogP contribution in [0.4, 0.5) is 5.82 Å². The molecule has 8 nitrogen and oxygen atoms in total. The predicted molar refractivity (Wildman–Crippen MR) is 102 cm³/mol. The van der Waals surface area contributed by atoms with Crippen LogP contribution in [0.1, 0.15) is 24.4 Å². The maximum atomic E-state index is 11.9. The lowest BCUT2D eigenvalue weighted by atomic mass is 10.2. The van der Waals surface area contributed by atoms with Crippen molar-refractivity contribution in [1.82, 2.24) is 24.7 Å². The average Bonchev–Trinajstić information content (AvgIpc) is 3.17. The molecule has 136 valence electrons. The maximum Gasteiger partial charge on any atom is 0.248 e. The third-order valence-corrected chi connectivity index (χ3v) is 4.19. The van der Waals surface area contributed by atoms with Crippen molar-refractivity contribution in [2.45, 2.75) is 20.0 Å². The Morgan fingerprint density at radius 1 is 1.19 bits per heavy atom. The van der Waals surface area contributed by atoms with E-state index in [-0.39, 0.29) is 11.4 Å². The Hall–Kier alpha value is -3.68. The maximum absolute atomic E-state index is 11.9. The largest absolute Gasteiger partial charge is 0.480 e. The number of anilines is 1. The van der Waals surface area contributed by atoms with Crippen molar-refractivity contribution in [2.75, 3.05) is 5.73 Å². The van der Waals surface area contributed by atoms with E-state index in [1.807, 2.05) is 26.0 Å². The van der Waals surface area contributed by atoms with Crippen molar-refractivity contribution in [3.05, 3.63) is 70.5 Å². The standard InChI is InChI=1S/C19H18N6O2/c1-11-4-5-13-14(22-11)10-16(19(20)23-13)27-12(2)18-15(6-7-17(26)24-18)25-9-3-8-21-25/h3-10,12H,1-2H3,(H2,20,23)(H,24,26). The first-order valence-electron chi connectivity index (χ1n) is 8.45. The number of fused-ring (bicyclic) bond motifs is 1. The Labute approximate surface area is 154 Å². The topological polar surface area (TPSA) is 112 Å². The fourth-order valence-electron chi connectivity index (χ4n) is 2.90. The van der Waals surface area contributed by atoms with Gasteiger partial charge in [-0.15, -0.1) is 0 Å². The van der Waals surface area contributed by atoms with Crippen molar-refractivity contribution in [3.63, 3.8) is 0 Å². The summed E-state index contributed by atoms with van der Waals surface area (Å²) in [4.78, 5) is 23.5. The molecule has 27 heavy (non-hydrogen) atoms. The lowest BCUT2D eigenvalue weighted by molar-refractivity contribution is 0.222. The molecule has 0 amide bonds. The molecule has 4 heterocycles. The Morgan fingerprint density at radius 3 is 2.81 bits per heavy atom. The minimum atomic E-state index is -0.496. The molecule has 0 aliphatic carbocycles. The van der Waals surface area contributed by atoms with Crippen LogP contribution in [0.25, 0.3) is 16.7 Å². The molecule has 3 N–H and O–H groups in total. The summed E-state index contributed by atoms with van der Waals surface area (Å²) in [5.74, 6) is 0.670. The molecule has 0 saturated heterocycles. The van der Waals surface area contributed by atoms with Crippen LogP contribution in [-0.4, -0.2) is 24.7 Å². The minimum Gasteiger partial charge on any atom is -0.480 e. The molecular formula is C19H18N6O2. The number of aromatic amines is 1. The second-order valence-electron chi connectivity index (χ2n) is 6.19. The molecule has 0 bridgehead atoms. The smallest absolute Gasteiger partial charge is 0.248 e. The number of nitrogens with two attached hydrogens (primary N) is 1. The Morgan fingerprint density at radius 2 is 2.04 bits per heavy atom. The summed E-state index contributed by atoms with van der Waals surface area (Å²) in [5, 5.41) is 4.23. The van der Waals surface area contributed by atoms with Crippen LogP contribution < -0.4 is 16.0 Å². The number of hydrogen-bond donors (Lipinski definition) is 2. The first-order valence-corrected chi connectivity index (χ1v) is 8.45. The summed E-state index contributed by atoms with van der Waals surface area (Å²) >= 11 is 0. The van der Waals surface area contributed by atoms with Gasteiger partial charge in [-0.2, -0.15) is 5.10 Å². The number of nitrogen functional groups attached to an aromatic ring is 1. The summed E-state index contributed by atoms with van der Waals surface area (Å²) in [6, 6.07) is 10.5. The van der Waals surface area contributed by atoms with Gasteiger partial charge in [0.1, 0.15) is 6.10 Å². The SMILES string of the molecule is Cc1ccc2nc(N)c(OC(C)c3[nH]c(=O)ccc3-n3cccn3)cc2n1. The fourth-order valence-corrected chi connectivity index (χ4v) is 2.90. The summed E-state index contributed by atoms with van der Waals surface area (Å²) in [6.07, 6.45) is 2.96. The van der Waals surface area contributed by atoms with Gasteiger partial charge < -0.3 is 15.5 Å². The van der Waals surface area contributed by atoms with Gasteiger partial charge in [0.2, 0.25) is 5.56 Å². The second-order valence-corrected chi connectivity index (χ2v) is 6.19. The van der Waals surface area contributed by atoms with Gasteiger partial charge in [-0.3, -0.25) is 9.78 Å². The molecular weight excluding hydrogens is 344 g/mol. The summed E-state index contributed by atoms with van der Waals surface area (Å²) in [5.41, 5.74) is 9.41. The zero-order valence-electron chi connectivity index (χ0n) is 14.9. The van der Waals surface area contributed by atoms with Crippen LogP contribution in [0, 0.1) is 6.92 Å². The molecule has 8 heteroatoms. The lowest BCUT2D eigenvalue weighted by Crippen LogP contribution is -2.17. The quantitative estimate of drug-likeness (QED) is 0.577. The minimum absolute atomic E-state index is 0.224. The summed E-state index contributed by atoms with van der Waals surface area (Å²) in [7, 11) is 0. The van der Waals surface area contributed by atoms with E-state index in [0.29, 0.717) is 28.2 Å². The number of nitrogens with one attached hydrogen (secondary N) is 1. The number of H-pyrrole nitrogens is 1. The molecule has 1 unspecified atom stereocenters. The van der Waals surface area contributed by atoms with Crippen molar-refractivity contribution in [1.29, 1.82) is 0 Å². The van der Waals surface area contributed by atoms with Crippen molar-refractivity contribution in [3.8, 4) is 11.4 Å². The molecule has 1 atom stereocenters. The summed E-state index contributed by atoms with van der Waals surface area (Å²) in [6.45, 7) is 3.73. The highest BCUT2D eigenvalue weighted by molar-refractivity contribution is 5.79. The molecule has 0 radical (unpaired) electrons. The number of ether oxygens (including phenoxy) is 1. The van der Waals surface area contributed by atoms with Crippen molar-refractivity contribution in [2.24, 2.45) is 0 Å². The van der Waals surface area contributed by atoms with Crippen LogP contribution in [0.15, 0.2) is 53.6 Å². The van der Waals surface area contributed by atoms with E-state index in [1.54, 1.807) is 35.3 Å². The molecule has 0 aromatic carbocycles. The molecule has 0 fully saturated rings. The van der Waals surface area contributed by atoms with Gasteiger partial charge in [-0.05, 0) is 38.1 Å². The van der Waals surface area contributed by atoms with Gasteiger partial charge in [0.05, 0.1) is 22.4 Å². The van der Waals surface area contributed by atoms with Gasteiger partial charge >= 0.3 is 0 Å². The van der Waals surface area contributed by atoms with Gasteiger partial charge in [-0.1, -0.05) is 0 Å². The highest BCUT2D eigenvalue weighted by atomic mass is 16.5. The van der Waals surface area contributed by atoms with Crippen molar-refractivity contribution >= 4 is 16.9 Å². The zero-order valence-corrected chi connectivity index (χ0v) is 14.9. The molecule has 4 aromatic heterocycles. The third kappa shape index (κ3) is 3.24. The van der Waals surface area contributed by atoms with Crippen molar-refractivity contribution < 1.29 is 4.74 Å². The average molecular weight is 362 g/mol. The molecule has 4 rings (SSSR count). The number of pyridine rings is 3. The van der Waals surface area contributed by atoms with Crippen LogP contribution in [0.3, 0.4) is 0 Å². The van der Waals surface area contributed by atoms with Gasteiger partial charge in [0.15, 0.2) is 11.6 Å². The molecule has 4 aromatic rings. The highest BCUT2D eigenvalue weighted by Gasteiger charge is 2.17. The van der Waals surface area contributed by atoms with Crippen LogP contribution in [0.5, 0.6) is 5.75 Å². The number of nitrogens with zero attached hydrogens (tertiary/aromatic N) is 4. The first-order chi connectivity index (χ1) is 13.0. The first kappa shape index (κ1) is 16.8. The summed E-state index contributed by atoms with van der Waals surface area (Å²) < 4.78 is 7.70. The highest BCUT2D eigenvalue weighted by Crippen LogP contribution is 2.29. The third-order valence-electron chi connectivity index (χ3n) is 4.19. The number of aryl methyl sites for hydroxylation is 1. The van der Waals surface area contributed by atoms with E-state index >= 15 is 0 Å². The van der Waals surface area contributed by atoms with E-state index in [9.17, 15) is 4.79 Å². The van der Waals surface area contributed by atoms with Gasteiger partial charge in [0.25, 0.3) is 0 Å². The van der Waals surface area contributed by atoms with Gasteiger partial charge in [-0.25, -0.2) is 9.67 Å². The van der Waals surface area contributed by atoms with E-state index in [1.165, 1.54) is 6.07 Å². The fraction of sp³-hybridized carbons (Fsp3) is 0.158. The molecule has 0 aliphatic rings. The molecule has 0 spiro atoms.